The number of imidazole rings is 1. The first-order chi connectivity index (χ1) is 17.7. The topological polar surface area (TPSA) is 138 Å². The molecule has 3 N–H and O–H groups in total. The minimum atomic E-state index is 0.0508. The standard InChI is InChI=1S/C26H20N8O2/c35-26(14-2-1-3-14)29-17-8-16(9-27-10-17)19-4-5-20-23(30-19)24(34-33-20)25-31-21-12-28-11-18(22(21)32-25)15-6-7-36-13-15/h4-14H,1-3H2,(H,29,35)(H,31,32)(H,33,34). The second-order valence-electron chi connectivity index (χ2n) is 8.92. The van der Waals surface area contributed by atoms with E-state index in [1.807, 2.05) is 24.3 Å². The van der Waals surface area contributed by atoms with Crippen LogP contribution >= 0.6 is 0 Å². The summed E-state index contributed by atoms with van der Waals surface area (Å²) in [6, 6.07) is 7.59. The molecule has 0 spiro atoms. The summed E-state index contributed by atoms with van der Waals surface area (Å²) in [5.74, 6) is 0.734. The first-order valence-electron chi connectivity index (χ1n) is 11.7. The van der Waals surface area contributed by atoms with Crippen molar-refractivity contribution in [3.05, 3.63) is 61.6 Å². The van der Waals surface area contributed by atoms with Crippen LogP contribution in [-0.4, -0.2) is 41.0 Å². The largest absolute Gasteiger partial charge is 0.472 e. The number of hydrogen-bond acceptors (Lipinski definition) is 7. The van der Waals surface area contributed by atoms with Crippen LogP contribution in [0.1, 0.15) is 19.3 Å². The van der Waals surface area contributed by atoms with Crippen molar-refractivity contribution in [2.45, 2.75) is 19.3 Å². The van der Waals surface area contributed by atoms with Crippen LogP contribution in [0.15, 0.2) is 66.0 Å². The summed E-state index contributed by atoms with van der Waals surface area (Å²) in [4.78, 5) is 34.0. The number of aromatic nitrogens is 7. The Hall–Kier alpha value is -4.86. The Kier molecular flexibility index (Phi) is 4.63. The van der Waals surface area contributed by atoms with Crippen molar-refractivity contribution in [1.82, 2.24) is 35.1 Å². The second-order valence-corrected chi connectivity index (χ2v) is 8.92. The third-order valence-electron chi connectivity index (χ3n) is 6.64. The number of nitrogens with one attached hydrogen (secondary N) is 3. The van der Waals surface area contributed by atoms with Gasteiger partial charge < -0.3 is 14.7 Å². The molecule has 0 atom stereocenters. The number of fused-ring (bicyclic) bond motifs is 2. The summed E-state index contributed by atoms with van der Waals surface area (Å²) in [5, 5.41) is 10.5. The lowest BCUT2D eigenvalue weighted by molar-refractivity contribution is -0.122. The van der Waals surface area contributed by atoms with E-state index in [1.165, 1.54) is 0 Å². The van der Waals surface area contributed by atoms with Crippen molar-refractivity contribution in [1.29, 1.82) is 0 Å². The molecular weight excluding hydrogens is 456 g/mol. The molecule has 6 aromatic heterocycles. The Morgan fingerprint density at radius 2 is 1.89 bits per heavy atom. The molecule has 0 saturated heterocycles. The molecule has 10 heteroatoms. The predicted octanol–water partition coefficient (Wildman–Crippen LogP) is 4.96. The zero-order valence-electron chi connectivity index (χ0n) is 19.0. The fourth-order valence-electron chi connectivity index (χ4n) is 4.46. The van der Waals surface area contributed by atoms with Crippen LogP contribution in [0, 0.1) is 5.92 Å². The molecule has 0 aliphatic heterocycles. The van der Waals surface area contributed by atoms with Crippen molar-refractivity contribution in [3.63, 3.8) is 0 Å². The van der Waals surface area contributed by atoms with Crippen LogP contribution in [0.4, 0.5) is 5.69 Å². The first-order valence-corrected chi connectivity index (χ1v) is 11.7. The predicted molar refractivity (Wildman–Crippen MR) is 134 cm³/mol. The number of hydrogen-bond donors (Lipinski definition) is 3. The number of aromatic amines is 2. The quantitative estimate of drug-likeness (QED) is 0.320. The van der Waals surface area contributed by atoms with Gasteiger partial charge in [-0.15, -0.1) is 0 Å². The van der Waals surface area contributed by atoms with Gasteiger partial charge in [0.2, 0.25) is 5.91 Å². The van der Waals surface area contributed by atoms with E-state index in [2.05, 4.69) is 30.5 Å². The molecule has 6 aromatic rings. The zero-order valence-corrected chi connectivity index (χ0v) is 19.0. The molecule has 6 heterocycles. The minimum Gasteiger partial charge on any atom is -0.472 e. The van der Waals surface area contributed by atoms with Crippen LogP contribution in [-0.2, 0) is 4.79 Å². The van der Waals surface area contributed by atoms with Gasteiger partial charge in [0, 0.05) is 35.0 Å². The van der Waals surface area contributed by atoms with E-state index in [1.54, 1.807) is 37.3 Å². The number of pyridine rings is 3. The fraction of sp³-hybridized carbons (Fsp3) is 0.154. The monoisotopic (exact) mass is 476 g/mol. The third kappa shape index (κ3) is 3.42. The summed E-state index contributed by atoms with van der Waals surface area (Å²) in [6.45, 7) is 0. The van der Waals surface area contributed by atoms with Crippen molar-refractivity contribution < 1.29 is 9.21 Å². The summed E-state index contributed by atoms with van der Waals surface area (Å²) in [5.41, 5.74) is 7.56. The maximum Gasteiger partial charge on any atom is 0.227 e. The van der Waals surface area contributed by atoms with Crippen LogP contribution < -0.4 is 5.32 Å². The Labute approximate surface area is 204 Å². The van der Waals surface area contributed by atoms with Crippen molar-refractivity contribution in [3.8, 4) is 33.9 Å². The number of nitrogens with zero attached hydrogens (tertiary/aromatic N) is 5. The number of anilines is 1. The summed E-state index contributed by atoms with van der Waals surface area (Å²) < 4.78 is 5.24. The maximum absolute atomic E-state index is 12.4. The highest BCUT2D eigenvalue weighted by Crippen LogP contribution is 2.32. The summed E-state index contributed by atoms with van der Waals surface area (Å²) in [6.07, 6.45) is 13.2. The number of furan rings is 1. The molecule has 0 bridgehead atoms. The average molecular weight is 477 g/mol. The molecule has 176 valence electrons. The first kappa shape index (κ1) is 20.5. The Bertz CT molecular complexity index is 1730. The van der Waals surface area contributed by atoms with Crippen LogP contribution in [0.2, 0.25) is 0 Å². The fourth-order valence-corrected chi connectivity index (χ4v) is 4.46. The van der Waals surface area contributed by atoms with Gasteiger partial charge >= 0.3 is 0 Å². The number of amides is 1. The molecule has 1 amide bonds. The Morgan fingerprint density at radius 1 is 0.972 bits per heavy atom. The van der Waals surface area contributed by atoms with Crippen molar-refractivity contribution in [2.75, 3.05) is 5.32 Å². The van der Waals surface area contributed by atoms with Gasteiger partial charge in [-0.3, -0.25) is 19.9 Å². The highest BCUT2D eigenvalue weighted by atomic mass is 16.3. The molecule has 0 unspecified atom stereocenters. The highest BCUT2D eigenvalue weighted by Gasteiger charge is 2.25. The number of rotatable bonds is 5. The zero-order chi connectivity index (χ0) is 24.1. The molecule has 10 nitrogen and oxygen atoms in total. The maximum atomic E-state index is 12.4. The molecule has 0 radical (unpaired) electrons. The molecule has 1 saturated carbocycles. The van der Waals surface area contributed by atoms with E-state index in [0.29, 0.717) is 28.4 Å². The van der Waals surface area contributed by atoms with E-state index in [-0.39, 0.29) is 11.8 Å². The molecular formula is C26H20N8O2. The van der Waals surface area contributed by atoms with Gasteiger partial charge in [0.15, 0.2) is 11.5 Å². The van der Waals surface area contributed by atoms with Gasteiger partial charge in [0.1, 0.15) is 11.0 Å². The average Bonchev–Trinajstić information content (AvgIpc) is 3.61. The molecule has 7 rings (SSSR count). The van der Waals surface area contributed by atoms with Gasteiger partial charge in [-0.2, -0.15) is 5.10 Å². The Morgan fingerprint density at radius 3 is 2.72 bits per heavy atom. The Balaban J connectivity index is 1.26. The highest BCUT2D eigenvalue weighted by molar-refractivity contribution is 5.96. The SMILES string of the molecule is O=C(Nc1cncc(-c2ccc3[nH]nc(-c4nc5c(-c6ccoc6)cncc5[nH]4)c3n2)c1)C1CCC1. The smallest absolute Gasteiger partial charge is 0.227 e. The normalized spacial score (nSPS) is 13.8. The van der Waals surface area contributed by atoms with Crippen LogP contribution in [0.3, 0.4) is 0 Å². The van der Waals surface area contributed by atoms with Crippen LogP contribution in [0.25, 0.3) is 56.0 Å². The van der Waals surface area contributed by atoms with E-state index in [4.69, 9.17) is 14.4 Å². The van der Waals surface area contributed by atoms with Gasteiger partial charge in [-0.1, -0.05) is 6.42 Å². The number of H-pyrrole nitrogens is 2. The van der Waals surface area contributed by atoms with E-state index < -0.39 is 0 Å². The van der Waals surface area contributed by atoms with E-state index in [0.717, 1.165) is 52.5 Å². The lowest BCUT2D eigenvalue weighted by atomic mass is 9.85. The number of carbonyl (C=O) groups is 1. The molecule has 36 heavy (non-hydrogen) atoms. The molecule has 1 aliphatic carbocycles. The minimum absolute atomic E-state index is 0.0508. The van der Waals surface area contributed by atoms with Crippen LogP contribution in [0.5, 0.6) is 0 Å². The molecule has 0 aromatic carbocycles. The lowest BCUT2D eigenvalue weighted by Crippen LogP contribution is -2.28. The third-order valence-corrected chi connectivity index (χ3v) is 6.64. The van der Waals surface area contributed by atoms with Crippen molar-refractivity contribution in [2.24, 2.45) is 5.92 Å². The van der Waals surface area contributed by atoms with Gasteiger partial charge in [-0.05, 0) is 37.1 Å². The summed E-state index contributed by atoms with van der Waals surface area (Å²) in [7, 11) is 0. The van der Waals surface area contributed by atoms with Crippen molar-refractivity contribution >= 4 is 33.7 Å². The van der Waals surface area contributed by atoms with Gasteiger partial charge in [-0.25, -0.2) is 9.97 Å². The molecule has 1 fully saturated rings. The van der Waals surface area contributed by atoms with E-state index >= 15 is 0 Å². The van der Waals surface area contributed by atoms with Gasteiger partial charge in [0.05, 0.1) is 47.3 Å². The second kappa shape index (κ2) is 8.12. The molecule has 1 aliphatic rings. The lowest BCUT2D eigenvalue weighted by Gasteiger charge is -2.24. The summed E-state index contributed by atoms with van der Waals surface area (Å²) >= 11 is 0. The van der Waals surface area contributed by atoms with E-state index in [9.17, 15) is 4.79 Å². The number of carbonyl (C=O) groups excluding carboxylic acids is 1. The van der Waals surface area contributed by atoms with Gasteiger partial charge in [0.25, 0.3) is 0 Å².